The van der Waals surface area contributed by atoms with Gasteiger partial charge in [0.1, 0.15) is 11.5 Å². The average Bonchev–Trinajstić information content (AvgIpc) is 3.09. The van der Waals surface area contributed by atoms with E-state index in [0.29, 0.717) is 36.4 Å². The summed E-state index contributed by atoms with van der Waals surface area (Å²) in [5.41, 5.74) is 3.04. The zero-order valence-electron chi connectivity index (χ0n) is 26.4. The van der Waals surface area contributed by atoms with Gasteiger partial charge in [-0.05, 0) is 87.3 Å². The Labute approximate surface area is 265 Å². The lowest BCUT2D eigenvalue weighted by Crippen LogP contribution is -2.31. The van der Waals surface area contributed by atoms with Gasteiger partial charge in [-0.15, -0.1) is 0 Å². The minimum absolute atomic E-state index is 0.0772. The number of ether oxygens (including phenoxy) is 2. The summed E-state index contributed by atoms with van der Waals surface area (Å²) in [4.78, 5) is 13.4. The van der Waals surface area contributed by atoms with E-state index < -0.39 is 5.41 Å². The maximum absolute atomic E-state index is 13.4. The monoisotopic (exact) mass is 599 g/mol. The predicted octanol–water partition coefficient (Wildman–Crippen LogP) is 8.63. The summed E-state index contributed by atoms with van der Waals surface area (Å²) in [5.74, 6) is 1.34. The second-order valence-electron chi connectivity index (χ2n) is 11.8. The Kier molecular flexibility index (Phi) is 8.90. The molecule has 0 radical (unpaired) electrons. The van der Waals surface area contributed by atoms with Crippen LogP contribution in [0, 0.1) is 0 Å². The topological polar surface area (TPSA) is 67.8 Å². The van der Waals surface area contributed by atoms with Gasteiger partial charge in [0, 0.05) is 35.8 Å². The molecule has 5 heteroatoms. The summed E-state index contributed by atoms with van der Waals surface area (Å²) in [7, 11) is 3.35. The highest BCUT2D eigenvalue weighted by atomic mass is 16.5. The minimum Gasteiger partial charge on any atom is -0.497 e. The largest absolute Gasteiger partial charge is 0.497 e. The highest BCUT2D eigenvalue weighted by Crippen LogP contribution is 2.51. The lowest BCUT2D eigenvalue weighted by molar-refractivity contribution is 0.0953. The van der Waals surface area contributed by atoms with E-state index in [2.05, 4.69) is 79.0 Å². The van der Waals surface area contributed by atoms with Crippen LogP contribution in [-0.4, -0.2) is 38.4 Å². The Morgan fingerprint density at radius 3 is 2.20 bits per heavy atom. The molecule has 1 atom stereocenters. The number of rotatable bonds is 13. The van der Waals surface area contributed by atoms with Crippen molar-refractivity contribution in [1.29, 1.82) is 0 Å². The fraction of sp³-hybridized carbons (Fsp3) is 0.275. The molecule has 45 heavy (non-hydrogen) atoms. The van der Waals surface area contributed by atoms with Crippen molar-refractivity contribution in [2.24, 2.45) is 0 Å². The number of aliphatic hydroxyl groups excluding tert-OH is 1. The van der Waals surface area contributed by atoms with E-state index in [1.807, 2.05) is 30.3 Å². The molecule has 0 heterocycles. The zero-order chi connectivity index (χ0) is 31.4. The maximum Gasteiger partial charge on any atom is 0.251 e. The highest BCUT2D eigenvalue weighted by Gasteiger charge is 2.40. The van der Waals surface area contributed by atoms with Crippen LogP contribution in [0.3, 0.4) is 0 Å². The van der Waals surface area contributed by atoms with Crippen molar-refractivity contribution >= 4 is 38.2 Å². The second-order valence-corrected chi connectivity index (χ2v) is 11.8. The van der Waals surface area contributed by atoms with E-state index in [4.69, 9.17) is 9.47 Å². The number of carbonyl (C=O) groups is 1. The van der Waals surface area contributed by atoms with E-state index >= 15 is 0 Å². The van der Waals surface area contributed by atoms with Gasteiger partial charge >= 0.3 is 0 Å². The normalized spacial score (nSPS) is 12.9. The summed E-state index contributed by atoms with van der Waals surface area (Å²) in [6, 6.07) is 33.9. The minimum atomic E-state index is -0.713. The number of nitrogens with one attached hydrogen (secondary N) is 1. The molecular formula is C40H41NO4. The lowest BCUT2D eigenvalue weighted by atomic mass is 9.64. The third-order valence-corrected chi connectivity index (χ3v) is 9.25. The summed E-state index contributed by atoms with van der Waals surface area (Å²) in [6.07, 6.45) is 4.06. The van der Waals surface area contributed by atoms with Gasteiger partial charge in [0.25, 0.3) is 5.91 Å². The van der Waals surface area contributed by atoms with Crippen LogP contribution in [0.5, 0.6) is 11.5 Å². The molecule has 0 aliphatic heterocycles. The molecule has 0 aromatic heterocycles. The molecule has 0 fully saturated rings. The summed E-state index contributed by atoms with van der Waals surface area (Å²) >= 11 is 0. The molecule has 0 aliphatic rings. The van der Waals surface area contributed by atoms with E-state index in [9.17, 15) is 9.90 Å². The van der Waals surface area contributed by atoms with Gasteiger partial charge in [-0.3, -0.25) is 4.79 Å². The van der Waals surface area contributed by atoms with Crippen molar-refractivity contribution in [1.82, 2.24) is 5.32 Å². The summed E-state index contributed by atoms with van der Waals surface area (Å²) in [6.45, 7) is 2.86. The van der Waals surface area contributed by atoms with E-state index in [0.717, 1.165) is 41.3 Å². The third kappa shape index (κ3) is 5.46. The Hall–Kier alpha value is -4.61. The fourth-order valence-corrected chi connectivity index (χ4v) is 7.04. The molecule has 0 spiro atoms. The molecule has 6 aromatic carbocycles. The van der Waals surface area contributed by atoms with Gasteiger partial charge in [-0.1, -0.05) is 86.1 Å². The van der Waals surface area contributed by atoms with Crippen LogP contribution < -0.4 is 14.8 Å². The predicted molar refractivity (Wildman–Crippen MR) is 184 cm³/mol. The first-order valence-electron chi connectivity index (χ1n) is 15.9. The third-order valence-electron chi connectivity index (χ3n) is 9.25. The average molecular weight is 600 g/mol. The molecule has 0 aliphatic carbocycles. The van der Waals surface area contributed by atoms with Crippen LogP contribution in [-0.2, 0) is 5.41 Å². The molecule has 6 aromatic rings. The van der Waals surface area contributed by atoms with Crippen LogP contribution in [0.1, 0.15) is 66.1 Å². The van der Waals surface area contributed by atoms with Crippen molar-refractivity contribution in [3.05, 3.63) is 119 Å². The Morgan fingerprint density at radius 2 is 1.47 bits per heavy atom. The first-order chi connectivity index (χ1) is 22.0. The number of hydrogen-bond acceptors (Lipinski definition) is 4. The van der Waals surface area contributed by atoms with Gasteiger partial charge in [0.2, 0.25) is 0 Å². The molecule has 1 unspecified atom stereocenters. The molecule has 0 bridgehead atoms. The van der Waals surface area contributed by atoms with Crippen molar-refractivity contribution in [3.63, 3.8) is 0 Å². The van der Waals surface area contributed by atoms with Gasteiger partial charge in [-0.2, -0.15) is 0 Å². The zero-order valence-corrected chi connectivity index (χ0v) is 26.4. The van der Waals surface area contributed by atoms with Crippen LogP contribution in [0.4, 0.5) is 0 Å². The van der Waals surface area contributed by atoms with Gasteiger partial charge < -0.3 is 19.9 Å². The number of carbonyl (C=O) groups excluding carboxylic acids is 1. The molecule has 0 saturated heterocycles. The molecule has 2 N–H and O–H groups in total. The SMILES string of the molecule is CCCCNC(=O)c1cccc(C(CCCCO)(c2ccc(OC)cc2OC)c2ccc3ccc4cccc5ccc2c3c45)c1. The number of hydrogen-bond donors (Lipinski definition) is 2. The smallest absolute Gasteiger partial charge is 0.251 e. The first kappa shape index (κ1) is 30.4. The van der Waals surface area contributed by atoms with Crippen molar-refractivity contribution in [3.8, 4) is 11.5 Å². The lowest BCUT2D eigenvalue weighted by Gasteiger charge is -2.38. The van der Waals surface area contributed by atoms with Gasteiger partial charge in [0.15, 0.2) is 0 Å². The Bertz CT molecular complexity index is 1930. The number of methoxy groups -OCH3 is 2. The maximum atomic E-state index is 13.4. The number of aliphatic hydroxyl groups is 1. The van der Waals surface area contributed by atoms with Gasteiger partial charge in [-0.25, -0.2) is 0 Å². The molecule has 5 nitrogen and oxygen atoms in total. The van der Waals surface area contributed by atoms with Gasteiger partial charge in [0.05, 0.1) is 14.2 Å². The van der Waals surface area contributed by atoms with Crippen molar-refractivity contribution in [2.75, 3.05) is 27.4 Å². The van der Waals surface area contributed by atoms with Crippen LogP contribution >= 0.6 is 0 Å². The number of amides is 1. The standard InChI is InChI=1S/C40H41NO4/c1-4-5-23-41-39(43)30-12-9-13-31(25-30)40(22-6-7-24-42,35-21-18-32(44-2)26-36(35)45-3)34-20-17-29-15-14-27-10-8-11-28-16-19-33(34)38(29)37(27)28/h8-21,25-26,42H,4-7,22-24H2,1-3H3,(H,41,43). The summed E-state index contributed by atoms with van der Waals surface area (Å²) in [5, 5.41) is 20.3. The highest BCUT2D eigenvalue weighted by molar-refractivity contribution is 6.23. The Balaban J connectivity index is 1.70. The molecule has 0 saturated carbocycles. The van der Waals surface area contributed by atoms with E-state index in [1.165, 1.54) is 26.9 Å². The molecule has 230 valence electrons. The molecular weight excluding hydrogens is 558 g/mol. The molecule has 1 amide bonds. The summed E-state index contributed by atoms with van der Waals surface area (Å²) < 4.78 is 11.7. The second kappa shape index (κ2) is 13.2. The van der Waals surface area contributed by atoms with E-state index in [-0.39, 0.29) is 12.5 Å². The Morgan fingerprint density at radius 1 is 0.756 bits per heavy atom. The number of benzene rings is 6. The van der Waals surface area contributed by atoms with Crippen molar-refractivity contribution in [2.45, 2.75) is 44.4 Å². The van der Waals surface area contributed by atoms with E-state index in [1.54, 1.807) is 14.2 Å². The molecule has 6 rings (SSSR count). The number of unbranched alkanes of at least 4 members (excludes halogenated alkanes) is 2. The first-order valence-corrected chi connectivity index (χ1v) is 15.9. The van der Waals surface area contributed by atoms with Crippen LogP contribution in [0.15, 0.2) is 97.1 Å². The van der Waals surface area contributed by atoms with Crippen LogP contribution in [0.2, 0.25) is 0 Å². The fourth-order valence-electron chi connectivity index (χ4n) is 7.04. The van der Waals surface area contributed by atoms with Crippen LogP contribution in [0.25, 0.3) is 32.3 Å². The quantitative estimate of drug-likeness (QED) is 0.0792. The van der Waals surface area contributed by atoms with Crippen molar-refractivity contribution < 1.29 is 19.4 Å².